The number of carbonyl (C=O) groups is 1. The second-order valence-electron chi connectivity index (χ2n) is 14.3. The van der Waals surface area contributed by atoms with Crippen molar-refractivity contribution in [3.8, 4) is 0 Å². The van der Waals surface area contributed by atoms with E-state index in [4.69, 9.17) is 9.05 Å². The summed E-state index contributed by atoms with van der Waals surface area (Å²) in [4.78, 5) is 23.0. The van der Waals surface area contributed by atoms with Crippen molar-refractivity contribution in [3.63, 3.8) is 0 Å². The predicted octanol–water partition coefficient (Wildman–Crippen LogP) is 10.5. The number of unbranched alkanes of at least 4 members (excludes halogenated alkanes) is 9. The van der Waals surface area contributed by atoms with Gasteiger partial charge in [0.25, 0.3) is 0 Å². The number of likely N-dealkylation sites (N-methyl/N-ethyl adjacent to an activating group) is 1. The molecule has 8 nitrogen and oxygen atoms in total. The number of aliphatic hydroxyl groups is 1. The fourth-order valence-corrected chi connectivity index (χ4v) is 5.78. The van der Waals surface area contributed by atoms with Crippen LogP contribution < -0.4 is 5.32 Å². The van der Waals surface area contributed by atoms with Gasteiger partial charge in [-0.05, 0) is 64.2 Å². The van der Waals surface area contributed by atoms with Crippen molar-refractivity contribution in [1.82, 2.24) is 5.32 Å². The lowest BCUT2D eigenvalue weighted by Crippen LogP contribution is -2.46. The maximum absolute atomic E-state index is 12.8. The average Bonchev–Trinajstić information content (AvgIpc) is 3.07. The molecule has 0 aromatic carbocycles. The van der Waals surface area contributed by atoms with Crippen molar-refractivity contribution in [1.29, 1.82) is 0 Å². The van der Waals surface area contributed by atoms with Gasteiger partial charge < -0.3 is 19.8 Å². The number of aliphatic hydroxyl groups excluding tert-OH is 1. The van der Waals surface area contributed by atoms with Gasteiger partial charge >= 0.3 is 7.82 Å². The number of phosphoric ester groups is 1. The molecule has 0 aliphatic carbocycles. The number of hydrogen-bond donors (Lipinski definition) is 3. The van der Waals surface area contributed by atoms with E-state index in [2.05, 4.69) is 92.1 Å². The molecule has 294 valence electrons. The van der Waals surface area contributed by atoms with Crippen LogP contribution in [0.1, 0.15) is 136 Å². The number of nitrogens with one attached hydrogen (secondary N) is 1. The highest BCUT2D eigenvalue weighted by atomic mass is 31.2. The number of phosphoric acid groups is 1. The van der Waals surface area contributed by atoms with Crippen LogP contribution in [0.2, 0.25) is 0 Å². The fraction of sp³-hybridized carbons (Fsp3) is 0.690. The first kappa shape index (κ1) is 48.9. The second-order valence-corrected chi connectivity index (χ2v) is 15.7. The second kappa shape index (κ2) is 33.8. The molecular weight excluding hydrogens is 659 g/mol. The Kier molecular flexibility index (Phi) is 32.4. The van der Waals surface area contributed by atoms with E-state index in [0.717, 1.165) is 70.6 Å². The zero-order valence-corrected chi connectivity index (χ0v) is 34.0. The standard InChI is InChI=1S/C42H75N2O6P/c1-6-8-10-12-14-16-17-18-19-20-21-22-23-24-25-26-27-28-30-32-34-36-42(46)43-40(39-50-51(47,48)49-38-37-44(3,4)5)41(45)35-33-31-29-15-13-11-9-7-2/h8,10,14,16,18-19,21-22,24-25,27-28,40-41,45H,6-7,9,11-13,15,17,20,23,26,29-39H2,1-5H3,(H-,43,46,47,48)/p+1/b10-8-,16-14-,19-18-,22-21-,25-24-,28-27-. The highest BCUT2D eigenvalue weighted by molar-refractivity contribution is 7.47. The van der Waals surface area contributed by atoms with E-state index in [0.29, 0.717) is 30.3 Å². The van der Waals surface area contributed by atoms with Gasteiger partial charge in [-0.15, -0.1) is 0 Å². The lowest BCUT2D eigenvalue weighted by atomic mass is 10.0. The topological polar surface area (TPSA) is 105 Å². The molecule has 0 saturated heterocycles. The van der Waals surface area contributed by atoms with Gasteiger partial charge in [-0.1, -0.05) is 138 Å². The van der Waals surface area contributed by atoms with Crippen LogP contribution in [0, 0.1) is 0 Å². The van der Waals surface area contributed by atoms with Crippen LogP contribution in [0.15, 0.2) is 72.9 Å². The summed E-state index contributed by atoms with van der Waals surface area (Å²) < 4.78 is 23.4. The molecule has 0 aromatic heterocycles. The molecule has 0 bridgehead atoms. The minimum absolute atomic E-state index is 0.0614. The molecule has 3 N–H and O–H groups in total. The molecule has 0 radical (unpaired) electrons. The third kappa shape index (κ3) is 36.1. The summed E-state index contributed by atoms with van der Waals surface area (Å²) in [5.74, 6) is -0.194. The minimum Gasteiger partial charge on any atom is -0.391 e. The first-order chi connectivity index (χ1) is 24.5. The summed E-state index contributed by atoms with van der Waals surface area (Å²) in [6.45, 7) is 4.66. The van der Waals surface area contributed by atoms with E-state index >= 15 is 0 Å². The summed E-state index contributed by atoms with van der Waals surface area (Å²) in [7, 11) is 1.57. The molecule has 0 rings (SSSR count). The maximum atomic E-state index is 12.8. The Morgan fingerprint density at radius 1 is 0.686 bits per heavy atom. The molecule has 0 heterocycles. The summed E-state index contributed by atoms with van der Waals surface area (Å²) >= 11 is 0. The zero-order chi connectivity index (χ0) is 37.9. The fourth-order valence-electron chi connectivity index (χ4n) is 5.05. The third-order valence-electron chi connectivity index (χ3n) is 8.22. The Labute approximate surface area is 313 Å². The van der Waals surface area contributed by atoms with Crippen LogP contribution in [-0.2, 0) is 18.4 Å². The summed E-state index contributed by atoms with van der Waals surface area (Å²) in [6.07, 6.45) is 43.7. The molecule has 0 aliphatic heterocycles. The number of rotatable bonds is 34. The molecule has 9 heteroatoms. The predicted molar refractivity (Wildman–Crippen MR) is 216 cm³/mol. The summed E-state index contributed by atoms with van der Waals surface area (Å²) in [5, 5.41) is 13.8. The normalized spacial score (nSPS) is 15.4. The van der Waals surface area contributed by atoms with Crippen LogP contribution >= 0.6 is 7.82 Å². The summed E-state index contributed by atoms with van der Waals surface area (Å²) in [6, 6.07) is -0.784. The highest BCUT2D eigenvalue weighted by Gasteiger charge is 2.28. The summed E-state index contributed by atoms with van der Waals surface area (Å²) in [5.41, 5.74) is 0. The van der Waals surface area contributed by atoms with Gasteiger partial charge in [0.15, 0.2) is 0 Å². The number of hydrogen-bond acceptors (Lipinski definition) is 5. The Morgan fingerprint density at radius 2 is 1.18 bits per heavy atom. The number of quaternary nitrogens is 1. The molecule has 3 unspecified atom stereocenters. The zero-order valence-electron chi connectivity index (χ0n) is 33.1. The van der Waals surface area contributed by atoms with Crippen LogP contribution in [0.5, 0.6) is 0 Å². The number of amides is 1. The van der Waals surface area contributed by atoms with Gasteiger partial charge in [0.05, 0.1) is 39.9 Å². The molecular formula is C42H76N2O6P+. The van der Waals surface area contributed by atoms with Gasteiger partial charge in [0.1, 0.15) is 13.2 Å². The minimum atomic E-state index is -4.32. The smallest absolute Gasteiger partial charge is 0.391 e. The van der Waals surface area contributed by atoms with Crippen molar-refractivity contribution in [2.75, 3.05) is 40.9 Å². The Balaban J connectivity index is 4.45. The first-order valence-electron chi connectivity index (χ1n) is 19.8. The number of nitrogens with zero attached hydrogens (tertiary/aromatic N) is 1. The van der Waals surface area contributed by atoms with E-state index in [-0.39, 0.29) is 19.1 Å². The Hall–Kier alpha value is -2.06. The molecule has 0 saturated carbocycles. The van der Waals surface area contributed by atoms with Crippen molar-refractivity contribution in [2.45, 2.75) is 148 Å². The number of allylic oxidation sites excluding steroid dienone is 12. The highest BCUT2D eigenvalue weighted by Crippen LogP contribution is 2.43. The van der Waals surface area contributed by atoms with Crippen molar-refractivity contribution < 1.29 is 32.9 Å². The van der Waals surface area contributed by atoms with E-state index in [1.54, 1.807) is 0 Å². The van der Waals surface area contributed by atoms with Crippen molar-refractivity contribution in [3.05, 3.63) is 72.9 Å². The van der Waals surface area contributed by atoms with Gasteiger partial charge in [0.2, 0.25) is 5.91 Å². The van der Waals surface area contributed by atoms with E-state index in [1.165, 1.54) is 32.1 Å². The molecule has 0 aliphatic rings. The quantitative estimate of drug-likeness (QED) is 0.0263. The monoisotopic (exact) mass is 736 g/mol. The maximum Gasteiger partial charge on any atom is 0.472 e. The van der Waals surface area contributed by atoms with Crippen molar-refractivity contribution in [2.24, 2.45) is 0 Å². The lowest BCUT2D eigenvalue weighted by Gasteiger charge is -2.26. The van der Waals surface area contributed by atoms with Gasteiger partial charge in [-0.3, -0.25) is 13.8 Å². The van der Waals surface area contributed by atoms with Gasteiger partial charge in [0, 0.05) is 6.42 Å². The van der Waals surface area contributed by atoms with E-state index < -0.39 is 20.0 Å². The van der Waals surface area contributed by atoms with Crippen LogP contribution in [0.4, 0.5) is 0 Å². The Bertz CT molecular complexity index is 1060. The first-order valence-corrected chi connectivity index (χ1v) is 21.3. The molecule has 0 spiro atoms. The molecule has 51 heavy (non-hydrogen) atoms. The Morgan fingerprint density at radius 3 is 1.69 bits per heavy atom. The van der Waals surface area contributed by atoms with Crippen LogP contribution in [0.25, 0.3) is 0 Å². The average molecular weight is 736 g/mol. The SMILES string of the molecule is CC/C=C\C/C=C\C/C=C\C/C=C\C/C=C\C/C=C\CCCCC(=O)NC(COP(=O)(O)OCC[N+](C)(C)C)C(O)CCCCCCCCCC. The molecule has 0 fully saturated rings. The van der Waals surface area contributed by atoms with E-state index in [1.807, 2.05) is 21.1 Å². The molecule has 3 atom stereocenters. The van der Waals surface area contributed by atoms with E-state index in [9.17, 15) is 19.4 Å². The van der Waals surface area contributed by atoms with Crippen LogP contribution in [-0.4, -0.2) is 73.4 Å². The molecule has 0 aromatic rings. The lowest BCUT2D eigenvalue weighted by molar-refractivity contribution is -0.870. The third-order valence-corrected chi connectivity index (χ3v) is 9.20. The van der Waals surface area contributed by atoms with Gasteiger partial charge in [-0.25, -0.2) is 4.57 Å². The largest absolute Gasteiger partial charge is 0.472 e. The van der Waals surface area contributed by atoms with Crippen molar-refractivity contribution >= 4 is 13.7 Å². The molecule has 1 amide bonds. The van der Waals surface area contributed by atoms with Gasteiger partial charge in [-0.2, -0.15) is 0 Å². The number of carbonyl (C=O) groups excluding carboxylic acids is 1. The van der Waals surface area contributed by atoms with Crippen LogP contribution in [0.3, 0.4) is 0 Å².